The molecule has 0 fully saturated rings. The lowest BCUT2D eigenvalue weighted by Gasteiger charge is -2.28. The van der Waals surface area contributed by atoms with E-state index in [0.29, 0.717) is 13.1 Å². The van der Waals surface area contributed by atoms with E-state index in [1.807, 2.05) is 24.4 Å². The normalized spacial score (nSPS) is 11.9. The first-order chi connectivity index (χ1) is 8.95. The molecule has 1 heterocycles. The monoisotopic (exact) mass is 284 g/mol. The van der Waals surface area contributed by atoms with E-state index in [-0.39, 0.29) is 12.6 Å². The molecule has 1 atom stereocenters. The zero-order valence-corrected chi connectivity index (χ0v) is 12.3. The van der Waals surface area contributed by atoms with Crippen LogP contribution < -0.4 is 0 Å². The van der Waals surface area contributed by atoms with Crippen molar-refractivity contribution < 1.29 is 14.7 Å². The highest BCUT2D eigenvalue weighted by Crippen LogP contribution is 2.12. The SMILES string of the molecule is CCN(CC(C)C(=O)O)C(=O)N(C)Cc1cccs1. The fourth-order valence-electron chi connectivity index (χ4n) is 1.70. The van der Waals surface area contributed by atoms with Gasteiger partial charge in [0.2, 0.25) is 0 Å². The fourth-order valence-corrected chi connectivity index (χ4v) is 2.45. The smallest absolute Gasteiger partial charge is 0.320 e. The van der Waals surface area contributed by atoms with Gasteiger partial charge in [-0.05, 0) is 18.4 Å². The van der Waals surface area contributed by atoms with Crippen molar-refractivity contribution >= 4 is 23.3 Å². The van der Waals surface area contributed by atoms with Crippen LogP contribution in [0.25, 0.3) is 0 Å². The molecule has 0 aliphatic carbocycles. The van der Waals surface area contributed by atoms with Crippen LogP contribution in [0.4, 0.5) is 4.79 Å². The summed E-state index contributed by atoms with van der Waals surface area (Å²) in [5.41, 5.74) is 0. The molecule has 5 nitrogen and oxygen atoms in total. The van der Waals surface area contributed by atoms with Crippen LogP contribution in [0, 0.1) is 5.92 Å². The second-order valence-electron chi connectivity index (χ2n) is 4.50. The molecule has 1 unspecified atom stereocenters. The van der Waals surface area contributed by atoms with Gasteiger partial charge in [0.25, 0.3) is 0 Å². The van der Waals surface area contributed by atoms with Gasteiger partial charge in [-0.2, -0.15) is 0 Å². The van der Waals surface area contributed by atoms with Gasteiger partial charge in [-0.15, -0.1) is 11.3 Å². The molecule has 19 heavy (non-hydrogen) atoms. The van der Waals surface area contributed by atoms with Crippen molar-refractivity contribution in [1.29, 1.82) is 0 Å². The van der Waals surface area contributed by atoms with Gasteiger partial charge in [-0.3, -0.25) is 4.79 Å². The zero-order chi connectivity index (χ0) is 14.4. The first kappa shape index (κ1) is 15.5. The topological polar surface area (TPSA) is 60.9 Å². The molecule has 1 N–H and O–H groups in total. The van der Waals surface area contributed by atoms with Crippen molar-refractivity contribution in [3.8, 4) is 0 Å². The number of carbonyl (C=O) groups is 2. The molecule has 1 rings (SSSR count). The summed E-state index contributed by atoms with van der Waals surface area (Å²) in [4.78, 5) is 27.4. The van der Waals surface area contributed by atoms with E-state index in [9.17, 15) is 9.59 Å². The van der Waals surface area contributed by atoms with Crippen LogP contribution >= 0.6 is 11.3 Å². The molecular formula is C13H20N2O3S. The molecule has 0 spiro atoms. The zero-order valence-electron chi connectivity index (χ0n) is 11.5. The molecule has 0 radical (unpaired) electrons. The molecule has 1 aromatic heterocycles. The summed E-state index contributed by atoms with van der Waals surface area (Å²) in [6.07, 6.45) is 0. The number of aliphatic carboxylic acids is 1. The Labute approximate surface area is 117 Å². The van der Waals surface area contributed by atoms with Gasteiger partial charge in [-0.25, -0.2) is 4.79 Å². The Balaban J connectivity index is 2.59. The molecule has 0 aliphatic heterocycles. The number of carboxylic acids is 1. The number of amides is 2. The summed E-state index contributed by atoms with van der Waals surface area (Å²) in [7, 11) is 1.73. The summed E-state index contributed by atoms with van der Waals surface area (Å²) >= 11 is 1.60. The van der Waals surface area contributed by atoms with E-state index in [2.05, 4.69) is 0 Å². The standard InChI is InChI=1S/C13H20N2O3S/c1-4-15(8-10(2)12(16)17)13(18)14(3)9-11-6-5-7-19-11/h5-7,10H,4,8-9H2,1-3H3,(H,16,17). The van der Waals surface area contributed by atoms with Crippen LogP contribution in [0.3, 0.4) is 0 Å². The van der Waals surface area contributed by atoms with Gasteiger partial charge in [-0.1, -0.05) is 13.0 Å². The maximum Gasteiger partial charge on any atom is 0.320 e. The van der Waals surface area contributed by atoms with Crippen LogP contribution in [0.1, 0.15) is 18.7 Å². The van der Waals surface area contributed by atoms with Gasteiger partial charge in [0.15, 0.2) is 0 Å². The minimum absolute atomic E-state index is 0.135. The van der Waals surface area contributed by atoms with Crippen LogP contribution in [0.15, 0.2) is 17.5 Å². The molecule has 6 heteroatoms. The number of hydrogen-bond donors (Lipinski definition) is 1. The minimum Gasteiger partial charge on any atom is -0.481 e. The van der Waals surface area contributed by atoms with Gasteiger partial charge >= 0.3 is 12.0 Å². The van der Waals surface area contributed by atoms with Crippen LogP contribution in [0.5, 0.6) is 0 Å². The number of hydrogen-bond acceptors (Lipinski definition) is 3. The quantitative estimate of drug-likeness (QED) is 0.872. The van der Waals surface area contributed by atoms with E-state index >= 15 is 0 Å². The largest absolute Gasteiger partial charge is 0.481 e. The van der Waals surface area contributed by atoms with Gasteiger partial charge in [0, 0.05) is 25.0 Å². The lowest BCUT2D eigenvalue weighted by atomic mass is 10.2. The molecule has 0 aliphatic rings. The van der Waals surface area contributed by atoms with E-state index in [4.69, 9.17) is 5.11 Å². The minimum atomic E-state index is -0.882. The molecule has 0 bridgehead atoms. The average molecular weight is 284 g/mol. The third-order valence-corrected chi connectivity index (χ3v) is 3.73. The van der Waals surface area contributed by atoms with E-state index in [1.165, 1.54) is 0 Å². The van der Waals surface area contributed by atoms with Crippen molar-refractivity contribution in [2.24, 2.45) is 5.92 Å². The van der Waals surface area contributed by atoms with Crippen LogP contribution in [0.2, 0.25) is 0 Å². The third-order valence-electron chi connectivity index (χ3n) is 2.87. The van der Waals surface area contributed by atoms with Crippen molar-refractivity contribution in [3.63, 3.8) is 0 Å². The summed E-state index contributed by atoms with van der Waals surface area (Å²) in [5, 5.41) is 10.9. The first-order valence-electron chi connectivity index (χ1n) is 6.21. The Morgan fingerprint density at radius 3 is 2.63 bits per heavy atom. The van der Waals surface area contributed by atoms with Crippen molar-refractivity contribution in [2.75, 3.05) is 20.1 Å². The number of rotatable bonds is 6. The summed E-state index contributed by atoms with van der Waals surface area (Å²) in [5.74, 6) is -1.44. The number of thiophene rings is 1. The Hall–Kier alpha value is -1.56. The molecule has 0 aromatic carbocycles. The Bertz CT molecular complexity index is 420. The Kier molecular flexibility index (Phi) is 5.82. The number of carbonyl (C=O) groups excluding carboxylic acids is 1. The van der Waals surface area contributed by atoms with Gasteiger partial charge in [0.05, 0.1) is 12.5 Å². The highest BCUT2D eigenvalue weighted by Gasteiger charge is 2.21. The molecule has 0 saturated carbocycles. The van der Waals surface area contributed by atoms with Crippen molar-refractivity contribution in [3.05, 3.63) is 22.4 Å². The summed E-state index contributed by atoms with van der Waals surface area (Å²) in [6, 6.07) is 3.79. The molecule has 0 saturated heterocycles. The average Bonchev–Trinajstić information content (AvgIpc) is 2.87. The predicted octanol–water partition coefficient (Wildman–Crippen LogP) is 2.34. The van der Waals surface area contributed by atoms with Gasteiger partial charge in [0.1, 0.15) is 0 Å². The summed E-state index contributed by atoms with van der Waals surface area (Å²) in [6.45, 7) is 4.75. The number of nitrogens with zero attached hydrogens (tertiary/aromatic N) is 2. The van der Waals surface area contributed by atoms with Crippen LogP contribution in [-0.4, -0.2) is 47.0 Å². The number of carboxylic acid groups (broad SMARTS) is 1. The Morgan fingerprint density at radius 1 is 1.47 bits per heavy atom. The maximum atomic E-state index is 12.2. The first-order valence-corrected chi connectivity index (χ1v) is 7.08. The summed E-state index contributed by atoms with van der Waals surface area (Å²) < 4.78 is 0. The molecule has 2 amide bonds. The van der Waals surface area contributed by atoms with Crippen molar-refractivity contribution in [2.45, 2.75) is 20.4 Å². The molecular weight excluding hydrogens is 264 g/mol. The molecule has 1 aromatic rings. The lowest BCUT2D eigenvalue weighted by molar-refractivity contribution is -0.141. The molecule has 106 valence electrons. The Morgan fingerprint density at radius 2 is 2.16 bits per heavy atom. The second kappa shape index (κ2) is 7.13. The van der Waals surface area contributed by atoms with Gasteiger partial charge < -0.3 is 14.9 Å². The predicted molar refractivity (Wildman–Crippen MR) is 75.2 cm³/mol. The third kappa shape index (κ3) is 4.55. The number of urea groups is 1. The lowest BCUT2D eigenvalue weighted by Crippen LogP contribution is -2.43. The highest BCUT2D eigenvalue weighted by molar-refractivity contribution is 7.09. The van der Waals surface area contributed by atoms with Crippen molar-refractivity contribution in [1.82, 2.24) is 9.80 Å². The van der Waals surface area contributed by atoms with E-state index in [1.54, 1.807) is 35.1 Å². The van der Waals surface area contributed by atoms with E-state index < -0.39 is 11.9 Å². The van der Waals surface area contributed by atoms with Crippen LogP contribution in [-0.2, 0) is 11.3 Å². The fraction of sp³-hybridized carbons (Fsp3) is 0.538. The van der Waals surface area contributed by atoms with E-state index in [0.717, 1.165) is 4.88 Å². The highest BCUT2D eigenvalue weighted by atomic mass is 32.1. The second-order valence-corrected chi connectivity index (χ2v) is 5.53. The maximum absolute atomic E-state index is 12.2.